The van der Waals surface area contributed by atoms with Crippen LogP contribution in [0.5, 0.6) is 0 Å². The lowest BCUT2D eigenvalue weighted by atomic mass is 10.2. The van der Waals surface area contributed by atoms with E-state index in [1.807, 2.05) is 0 Å². The first-order valence-electron chi connectivity index (χ1n) is 5.41. The number of rotatable bonds is 4. The second kappa shape index (κ2) is 6.78. The summed E-state index contributed by atoms with van der Waals surface area (Å²) in [5.74, 6) is -2.68. The average Bonchev–Trinajstić information content (AvgIpc) is 2.22. The van der Waals surface area contributed by atoms with Crippen molar-refractivity contribution in [1.82, 2.24) is 0 Å². The molecule has 0 unspecified atom stereocenters. The lowest BCUT2D eigenvalue weighted by Crippen LogP contribution is -2.28. The Hall–Kier alpha value is -1.85. The van der Waals surface area contributed by atoms with Gasteiger partial charge in [0.2, 0.25) is 0 Å². The second-order valence-electron chi connectivity index (χ2n) is 4.30. The highest BCUT2D eigenvalue weighted by Gasteiger charge is 2.26. The van der Waals surface area contributed by atoms with Gasteiger partial charge in [-0.2, -0.15) is 0 Å². The molecule has 0 aliphatic carbocycles. The van der Waals surface area contributed by atoms with Crippen molar-refractivity contribution < 1.29 is 28.6 Å². The first kappa shape index (κ1) is 16.1. The van der Waals surface area contributed by atoms with Crippen LogP contribution in [0.2, 0.25) is 0 Å². The van der Waals surface area contributed by atoms with Gasteiger partial charge in [-0.05, 0) is 27.7 Å². The van der Waals surface area contributed by atoms with E-state index in [9.17, 15) is 14.4 Å². The molecule has 0 aliphatic heterocycles. The van der Waals surface area contributed by atoms with Gasteiger partial charge in [-0.3, -0.25) is 0 Å². The first-order chi connectivity index (χ1) is 8.21. The van der Waals surface area contributed by atoms with Crippen LogP contribution in [-0.4, -0.2) is 37.2 Å². The highest BCUT2D eigenvalue weighted by Crippen LogP contribution is 2.12. The molecule has 0 aromatic carbocycles. The van der Waals surface area contributed by atoms with Crippen molar-refractivity contribution in [2.24, 2.45) is 0 Å². The van der Waals surface area contributed by atoms with E-state index in [1.165, 1.54) is 0 Å². The van der Waals surface area contributed by atoms with Gasteiger partial charge < -0.3 is 14.2 Å². The topological polar surface area (TPSA) is 78.9 Å². The van der Waals surface area contributed by atoms with Gasteiger partial charge >= 0.3 is 17.9 Å². The van der Waals surface area contributed by atoms with Crippen molar-refractivity contribution in [1.29, 1.82) is 0 Å². The molecule has 0 radical (unpaired) electrons. The fourth-order valence-corrected chi connectivity index (χ4v) is 0.946. The zero-order valence-electron chi connectivity index (χ0n) is 11.2. The molecule has 102 valence electrons. The smallest absolute Gasteiger partial charge is 0.346 e. The van der Waals surface area contributed by atoms with Crippen molar-refractivity contribution in [2.75, 3.05) is 13.7 Å². The normalized spacial score (nSPS) is 11.7. The molecule has 0 aliphatic rings. The van der Waals surface area contributed by atoms with E-state index >= 15 is 0 Å². The minimum atomic E-state index is -0.947. The van der Waals surface area contributed by atoms with Crippen molar-refractivity contribution in [3.63, 3.8) is 0 Å². The summed E-state index contributed by atoms with van der Waals surface area (Å²) in [5, 5.41) is 0. The number of hydrogen-bond acceptors (Lipinski definition) is 6. The van der Waals surface area contributed by atoms with Crippen LogP contribution in [0.1, 0.15) is 27.7 Å². The second-order valence-corrected chi connectivity index (χ2v) is 4.30. The molecule has 0 amide bonds. The maximum Gasteiger partial charge on any atom is 0.346 e. The zero-order chi connectivity index (χ0) is 14.3. The molecule has 0 rings (SSSR count). The molecule has 0 aromatic heterocycles. The molecule has 0 aromatic rings. The Kier molecular flexibility index (Phi) is 6.08. The summed E-state index contributed by atoms with van der Waals surface area (Å²) >= 11 is 0. The summed E-state index contributed by atoms with van der Waals surface area (Å²) in [4.78, 5) is 34.3. The molecule has 6 nitrogen and oxygen atoms in total. The molecule has 0 saturated heterocycles. The number of esters is 3. The predicted octanol–water partition coefficient (Wildman–Crippen LogP) is 0.991. The third-order valence-corrected chi connectivity index (χ3v) is 1.57. The molecule has 18 heavy (non-hydrogen) atoms. The summed E-state index contributed by atoms with van der Waals surface area (Å²) in [6.45, 7) is 6.67. The number of ether oxygens (including phenoxy) is 3. The Labute approximate surface area is 106 Å². The summed E-state index contributed by atoms with van der Waals surface area (Å²) < 4.78 is 14.0. The van der Waals surface area contributed by atoms with Crippen LogP contribution >= 0.6 is 0 Å². The van der Waals surface area contributed by atoms with E-state index in [4.69, 9.17) is 4.74 Å². The molecule has 0 heterocycles. The molecule has 0 atom stereocenters. The van der Waals surface area contributed by atoms with E-state index < -0.39 is 29.1 Å². The Morgan fingerprint density at radius 1 is 1.11 bits per heavy atom. The largest absolute Gasteiger partial charge is 0.465 e. The Bertz CT molecular complexity index is 361. The Morgan fingerprint density at radius 2 is 1.67 bits per heavy atom. The minimum absolute atomic E-state index is 0.137. The van der Waals surface area contributed by atoms with Crippen LogP contribution in [0, 0.1) is 0 Å². The van der Waals surface area contributed by atoms with E-state index in [1.54, 1.807) is 27.7 Å². The van der Waals surface area contributed by atoms with Gasteiger partial charge in [-0.1, -0.05) is 0 Å². The maximum atomic E-state index is 11.7. The van der Waals surface area contributed by atoms with Crippen molar-refractivity contribution >= 4 is 17.9 Å². The van der Waals surface area contributed by atoms with Crippen LogP contribution < -0.4 is 0 Å². The fraction of sp³-hybridized carbons (Fsp3) is 0.583. The minimum Gasteiger partial charge on any atom is -0.465 e. The molecule has 0 N–H and O–H groups in total. The maximum absolute atomic E-state index is 11.7. The van der Waals surface area contributed by atoms with Crippen LogP contribution in [0.25, 0.3) is 0 Å². The van der Waals surface area contributed by atoms with Crippen molar-refractivity contribution in [3.05, 3.63) is 11.6 Å². The van der Waals surface area contributed by atoms with E-state index in [0.29, 0.717) is 0 Å². The van der Waals surface area contributed by atoms with E-state index in [0.717, 1.165) is 13.2 Å². The molecule has 0 spiro atoms. The number of methoxy groups -OCH3 is 1. The van der Waals surface area contributed by atoms with Crippen molar-refractivity contribution in [2.45, 2.75) is 33.3 Å². The Balaban J connectivity index is 5.07. The lowest BCUT2D eigenvalue weighted by molar-refractivity contribution is -0.154. The molecule has 0 fully saturated rings. The molecular formula is C12H18O6. The van der Waals surface area contributed by atoms with E-state index in [2.05, 4.69) is 9.47 Å². The monoisotopic (exact) mass is 258 g/mol. The number of hydrogen-bond donors (Lipinski definition) is 0. The summed E-state index contributed by atoms with van der Waals surface area (Å²) in [7, 11) is 1.10. The summed E-state index contributed by atoms with van der Waals surface area (Å²) in [6, 6.07) is 0. The third-order valence-electron chi connectivity index (χ3n) is 1.57. The first-order valence-corrected chi connectivity index (χ1v) is 5.41. The van der Waals surface area contributed by atoms with Gasteiger partial charge in [-0.15, -0.1) is 0 Å². The van der Waals surface area contributed by atoms with Crippen molar-refractivity contribution in [3.8, 4) is 0 Å². The third kappa shape index (κ3) is 6.03. The highest BCUT2D eigenvalue weighted by molar-refractivity contribution is 6.17. The quantitative estimate of drug-likeness (QED) is 0.246. The van der Waals surface area contributed by atoms with Crippen LogP contribution in [0.3, 0.4) is 0 Å². The van der Waals surface area contributed by atoms with Gasteiger partial charge in [0.25, 0.3) is 0 Å². The van der Waals surface area contributed by atoms with E-state index in [-0.39, 0.29) is 6.61 Å². The fourth-order valence-electron chi connectivity index (χ4n) is 0.946. The molecular weight excluding hydrogens is 240 g/mol. The number of carbonyl (C=O) groups excluding carboxylic acids is 3. The van der Waals surface area contributed by atoms with Gasteiger partial charge in [0.15, 0.2) is 5.57 Å². The zero-order valence-corrected chi connectivity index (χ0v) is 11.2. The van der Waals surface area contributed by atoms with Crippen LogP contribution in [0.15, 0.2) is 11.6 Å². The average molecular weight is 258 g/mol. The van der Waals surface area contributed by atoms with Gasteiger partial charge in [0.05, 0.1) is 13.7 Å². The molecule has 6 heteroatoms. The molecule has 0 saturated carbocycles. The highest BCUT2D eigenvalue weighted by atomic mass is 16.6. The predicted molar refractivity (Wildman–Crippen MR) is 62.6 cm³/mol. The van der Waals surface area contributed by atoms with Gasteiger partial charge in [0, 0.05) is 6.08 Å². The molecule has 0 bridgehead atoms. The standard InChI is InChI=1S/C12H18O6/c1-6-17-9(13)7-8(10(14)16-5)11(15)18-12(2,3)4/h7H,6H2,1-5H3/b8-7-. The summed E-state index contributed by atoms with van der Waals surface area (Å²) in [5.41, 5.74) is -1.27. The SMILES string of the molecule is CCOC(=O)/C=C(/C(=O)OC)C(=O)OC(C)(C)C. The summed E-state index contributed by atoms with van der Waals surface area (Å²) in [6.07, 6.45) is 0.767. The number of carbonyl (C=O) groups is 3. The van der Waals surface area contributed by atoms with Crippen LogP contribution in [-0.2, 0) is 28.6 Å². The van der Waals surface area contributed by atoms with Gasteiger partial charge in [0.1, 0.15) is 5.60 Å². The lowest BCUT2D eigenvalue weighted by Gasteiger charge is -2.19. The van der Waals surface area contributed by atoms with Gasteiger partial charge in [-0.25, -0.2) is 14.4 Å². The Morgan fingerprint density at radius 3 is 2.06 bits per heavy atom. The van der Waals surface area contributed by atoms with Crippen LogP contribution in [0.4, 0.5) is 0 Å².